The Morgan fingerprint density at radius 1 is 1.15 bits per heavy atom. The number of likely N-dealkylation sites (tertiary alicyclic amines) is 1. The number of pyridine rings is 1. The van der Waals surface area contributed by atoms with Gasteiger partial charge in [0, 0.05) is 63.1 Å². The fourth-order valence-corrected chi connectivity index (χ4v) is 5.35. The van der Waals surface area contributed by atoms with Gasteiger partial charge in [-0.3, -0.25) is 15.0 Å². The number of nitrogens with one attached hydrogen (secondary N) is 2. The molecule has 1 aliphatic heterocycles. The highest BCUT2D eigenvalue weighted by atomic mass is 35.5. The predicted octanol–water partition coefficient (Wildman–Crippen LogP) is 4.57. The van der Waals surface area contributed by atoms with Crippen molar-refractivity contribution in [3.05, 3.63) is 99.2 Å². The van der Waals surface area contributed by atoms with Gasteiger partial charge >= 0.3 is 6.03 Å². The predicted molar refractivity (Wildman–Crippen MR) is 157 cm³/mol. The zero-order valence-electron chi connectivity index (χ0n) is 23.1. The lowest BCUT2D eigenvalue weighted by Gasteiger charge is -2.21. The molecule has 41 heavy (non-hydrogen) atoms. The van der Waals surface area contributed by atoms with E-state index in [0.717, 1.165) is 22.4 Å². The van der Waals surface area contributed by atoms with E-state index in [0.29, 0.717) is 37.8 Å². The molecule has 2 atom stereocenters. The summed E-state index contributed by atoms with van der Waals surface area (Å²) in [6.45, 7) is 4.32. The highest BCUT2D eigenvalue weighted by molar-refractivity contribution is 6.30. The minimum atomic E-state index is -0.490. The first kappa shape index (κ1) is 28.5. The molecule has 2 N–H and O–H groups in total. The number of amides is 2. The van der Waals surface area contributed by atoms with Crippen molar-refractivity contribution in [3.8, 4) is 16.9 Å². The van der Waals surface area contributed by atoms with Gasteiger partial charge in [0.25, 0.3) is 0 Å². The summed E-state index contributed by atoms with van der Waals surface area (Å²) in [5.41, 5.74) is 3.53. The molecule has 2 aromatic heterocycles. The number of benzene rings is 2. The van der Waals surface area contributed by atoms with Crippen LogP contribution in [0.25, 0.3) is 16.9 Å². The van der Waals surface area contributed by atoms with Crippen LogP contribution in [0.2, 0.25) is 5.02 Å². The second-order valence-electron chi connectivity index (χ2n) is 10.2. The molecule has 0 aliphatic carbocycles. The normalized spacial score (nSPS) is 17.1. The maximum Gasteiger partial charge on any atom is 0.320 e. The number of carbonyl (C=O) groups excluding carboxylic acids is 1. The second kappa shape index (κ2) is 12.3. The van der Waals surface area contributed by atoms with Gasteiger partial charge in [-0.05, 0) is 42.8 Å². The van der Waals surface area contributed by atoms with Crippen LogP contribution in [0.1, 0.15) is 17.0 Å². The number of carbonyl (C=O) groups is 1. The lowest BCUT2D eigenvalue weighted by molar-refractivity contribution is 0.159. The minimum Gasteiger partial charge on any atom is -0.383 e. The summed E-state index contributed by atoms with van der Waals surface area (Å²) < 4.78 is 22.8. The Morgan fingerprint density at radius 2 is 1.93 bits per heavy atom. The van der Waals surface area contributed by atoms with Gasteiger partial charge in [-0.2, -0.15) is 5.10 Å². The average molecular weight is 579 g/mol. The molecule has 0 spiro atoms. The summed E-state index contributed by atoms with van der Waals surface area (Å²) in [5, 5.41) is 11.0. The standard InChI is InChI=1S/C30H32ClFN6O3/c1-19-28(21-10-12-27(39)36(2)16-21)35-38(22-7-5-4-6-8-22)29(19)34-30(40)33-26-18-37(13-14-41-3)17-23(26)20-9-11-24(31)25(32)15-20/h4-12,15-16,23,26H,13-14,17-18H2,1-3H3,(H2,33,34,40)/t23-,26?/m0/s1. The third kappa shape index (κ3) is 6.19. The Hall–Kier alpha value is -3.99. The Kier molecular flexibility index (Phi) is 8.53. The maximum absolute atomic E-state index is 14.4. The summed E-state index contributed by atoms with van der Waals surface area (Å²) in [5.74, 6) is -0.136. The quantitative estimate of drug-likeness (QED) is 0.319. The number of rotatable bonds is 8. The molecule has 1 saturated heterocycles. The molecule has 1 unspecified atom stereocenters. The van der Waals surface area contributed by atoms with Crippen LogP contribution in [0.15, 0.2) is 71.7 Å². The monoisotopic (exact) mass is 578 g/mol. The molecule has 9 nitrogen and oxygen atoms in total. The van der Waals surface area contributed by atoms with Crippen molar-refractivity contribution in [2.75, 3.05) is 38.7 Å². The van der Waals surface area contributed by atoms with Crippen molar-refractivity contribution in [2.45, 2.75) is 18.9 Å². The van der Waals surface area contributed by atoms with Crippen LogP contribution in [0.3, 0.4) is 0 Å². The van der Waals surface area contributed by atoms with E-state index in [1.807, 2.05) is 37.3 Å². The molecule has 1 fully saturated rings. The highest BCUT2D eigenvalue weighted by Crippen LogP contribution is 2.32. The van der Waals surface area contributed by atoms with Crippen molar-refractivity contribution in [2.24, 2.45) is 7.05 Å². The van der Waals surface area contributed by atoms with Crippen LogP contribution in [-0.2, 0) is 11.8 Å². The zero-order chi connectivity index (χ0) is 29.1. The molecule has 11 heteroatoms. The summed E-state index contributed by atoms with van der Waals surface area (Å²) >= 11 is 5.93. The van der Waals surface area contributed by atoms with Gasteiger partial charge in [-0.1, -0.05) is 35.9 Å². The number of aromatic nitrogens is 3. The van der Waals surface area contributed by atoms with E-state index in [9.17, 15) is 14.0 Å². The van der Waals surface area contributed by atoms with Gasteiger partial charge in [0.05, 0.1) is 29.1 Å². The number of methoxy groups -OCH3 is 1. The van der Waals surface area contributed by atoms with E-state index >= 15 is 0 Å². The first-order valence-electron chi connectivity index (χ1n) is 13.3. The van der Waals surface area contributed by atoms with E-state index in [1.165, 1.54) is 16.7 Å². The number of para-hydroxylation sites is 1. The molecule has 1 aliphatic rings. The zero-order valence-corrected chi connectivity index (χ0v) is 23.9. The SMILES string of the molecule is COCCN1CC(NC(=O)Nc2c(C)c(-c3ccc(=O)n(C)c3)nn2-c2ccccc2)[C@H](c2ccc(Cl)c(F)c2)C1. The number of urea groups is 1. The van der Waals surface area contributed by atoms with Crippen molar-refractivity contribution in [1.29, 1.82) is 0 Å². The highest BCUT2D eigenvalue weighted by Gasteiger charge is 2.35. The van der Waals surface area contributed by atoms with E-state index in [4.69, 9.17) is 21.4 Å². The minimum absolute atomic E-state index is 0.0594. The lowest BCUT2D eigenvalue weighted by atomic mass is 9.94. The smallest absolute Gasteiger partial charge is 0.320 e. The number of nitrogens with zero attached hydrogens (tertiary/aromatic N) is 4. The van der Waals surface area contributed by atoms with Gasteiger partial charge in [0.15, 0.2) is 0 Å². The summed E-state index contributed by atoms with van der Waals surface area (Å²) in [7, 11) is 3.33. The molecule has 0 bridgehead atoms. The van der Waals surface area contributed by atoms with Gasteiger partial charge < -0.3 is 14.6 Å². The second-order valence-corrected chi connectivity index (χ2v) is 10.6. The number of hydrogen-bond acceptors (Lipinski definition) is 5. The molecule has 2 amide bonds. The van der Waals surface area contributed by atoms with E-state index in [2.05, 4.69) is 15.5 Å². The van der Waals surface area contributed by atoms with Gasteiger partial charge in [-0.25, -0.2) is 13.9 Å². The fraction of sp³-hybridized carbons (Fsp3) is 0.300. The summed E-state index contributed by atoms with van der Waals surface area (Å²) in [6, 6.07) is 16.8. The van der Waals surface area contributed by atoms with Crippen molar-refractivity contribution >= 4 is 23.4 Å². The maximum atomic E-state index is 14.4. The Labute approximate surface area is 242 Å². The van der Waals surface area contributed by atoms with Crippen molar-refractivity contribution in [3.63, 3.8) is 0 Å². The Balaban J connectivity index is 1.44. The molecular formula is C30H32ClFN6O3. The van der Waals surface area contributed by atoms with Gasteiger partial charge in [0.1, 0.15) is 11.6 Å². The Morgan fingerprint density at radius 3 is 2.63 bits per heavy atom. The van der Waals surface area contributed by atoms with Crippen LogP contribution in [0, 0.1) is 12.7 Å². The molecule has 0 saturated carbocycles. The van der Waals surface area contributed by atoms with E-state index < -0.39 is 11.8 Å². The van der Waals surface area contributed by atoms with Gasteiger partial charge in [-0.15, -0.1) is 0 Å². The number of hydrogen-bond donors (Lipinski definition) is 2. The third-order valence-electron chi connectivity index (χ3n) is 7.41. The van der Waals surface area contributed by atoms with Gasteiger partial charge in [0.2, 0.25) is 5.56 Å². The summed E-state index contributed by atoms with van der Waals surface area (Å²) in [4.78, 5) is 27.7. The largest absolute Gasteiger partial charge is 0.383 e. The van der Waals surface area contributed by atoms with Crippen LogP contribution < -0.4 is 16.2 Å². The first-order valence-corrected chi connectivity index (χ1v) is 13.7. The lowest BCUT2D eigenvalue weighted by Crippen LogP contribution is -2.42. The number of ether oxygens (including phenoxy) is 1. The van der Waals surface area contributed by atoms with Crippen LogP contribution in [0.5, 0.6) is 0 Å². The van der Waals surface area contributed by atoms with E-state index in [-0.39, 0.29) is 22.5 Å². The number of anilines is 1. The molecule has 0 radical (unpaired) electrons. The molecule has 3 heterocycles. The molecular weight excluding hydrogens is 547 g/mol. The summed E-state index contributed by atoms with van der Waals surface area (Å²) in [6.07, 6.45) is 1.72. The molecule has 214 valence electrons. The first-order chi connectivity index (χ1) is 19.7. The van der Waals surface area contributed by atoms with Crippen LogP contribution in [0.4, 0.5) is 15.0 Å². The molecule has 4 aromatic rings. The van der Waals surface area contributed by atoms with Crippen molar-refractivity contribution in [1.82, 2.24) is 24.6 Å². The topological polar surface area (TPSA) is 93.4 Å². The molecule has 5 rings (SSSR count). The van der Waals surface area contributed by atoms with E-state index in [1.54, 1.807) is 43.2 Å². The molecule has 2 aromatic carbocycles. The average Bonchev–Trinajstić information content (AvgIpc) is 3.51. The van der Waals surface area contributed by atoms with Crippen LogP contribution in [-0.4, -0.2) is 64.7 Å². The Bertz CT molecular complexity index is 1610. The number of aryl methyl sites for hydroxylation is 1. The van der Waals surface area contributed by atoms with Crippen molar-refractivity contribution < 1.29 is 13.9 Å². The number of halogens is 2. The fourth-order valence-electron chi connectivity index (χ4n) is 5.23. The third-order valence-corrected chi connectivity index (χ3v) is 7.72. The van der Waals surface area contributed by atoms with Crippen LogP contribution >= 0.6 is 11.6 Å².